The molecular formula is C26H28N4O4S. The van der Waals surface area contributed by atoms with E-state index in [0.29, 0.717) is 13.0 Å². The Morgan fingerprint density at radius 3 is 2.51 bits per heavy atom. The van der Waals surface area contributed by atoms with Gasteiger partial charge in [-0.25, -0.2) is 18.4 Å². The van der Waals surface area contributed by atoms with Gasteiger partial charge in [-0.1, -0.05) is 11.8 Å². The first kappa shape index (κ1) is 23.5. The van der Waals surface area contributed by atoms with Gasteiger partial charge in [0, 0.05) is 42.5 Å². The van der Waals surface area contributed by atoms with E-state index in [2.05, 4.69) is 26.7 Å². The number of amidine groups is 1. The first-order valence-electron chi connectivity index (χ1n) is 11.6. The number of aliphatic hydroxyl groups excluding tert-OH is 1. The number of methoxy groups -OCH3 is 1. The van der Waals surface area contributed by atoms with Gasteiger partial charge in [0.1, 0.15) is 5.75 Å². The van der Waals surface area contributed by atoms with Crippen LogP contribution in [0, 0.1) is 17.8 Å². The summed E-state index contributed by atoms with van der Waals surface area (Å²) in [5.74, 6) is 7.09. The summed E-state index contributed by atoms with van der Waals surface area (Å²) in [6.07, 6.45) is 2.19. The summed E-state index contributed by atoms with van der Waals surface area (Å²) < 4.78 is 33.8. The molecule has 1 unspecified atom stereocenters. The predicted octanol–water partition coefficient (Wildman–Crippen LogP) is 2.43. The number of sulfonamides is 1. The van der Waals surface area contributed by atoms with Gasteiger partial charge in [-0.2, -0.15) is 4.31 Å². The zero-order valence-electron chi connectivity index (χ0n) is 19.9. The highest BCUT2D eigenvalue weighted by molar-refractivity contribution is 8.04. The molecule has 0 aromatic heterocycles. The van der Waals surface area contributed by atoms with Crippen LogP contribution in [0.5, 0.6) is 5.75 Å². The van der Waals surface area contributed by atoms with Crippen LogP contribution in [0.2, 0.25) is 0 Å². The van der Waals surface area contributed by atoms with Gasteiger partial charge in [0.15, 0.2) is 0 Å². The molecule has 0 saturated carbocycles. The van der Waals surface area contributed by atoms with Gasteiger partial charge in [-0.15, -0.1) is 0 Å². The Morgan fingerprint density at radius 2 is 1.86 bits per heavy atom. The van der Waals surface area contributed by atoms with E-state index in [1.807, 2.05) is 49.5 Å². The average Bonchev–Trinajstić information content (AvgIpc) is 3.51. The molecule has 1 N–H and O–H groups in total. The van der Waals surface area contributed by atoms with E-state index < -0.39 is 16.1 Å². The van der Waals surface area contributed by atoms with Crippen LogP contribution in [0.3, 0.4) is 0 Å². The van der Waals surface area contributed by atoms with E-state index >= 15 is 0 Å². The molecule has 3 heterocycles. The van der Waals surface area contributed by atoms with Crippen LogP contribution in [0.15, 0.2) is 52.4 Å². The molecule has 0 amide bonds. The van der Waals surface area contributed by atoms with Crippen molar-refractivity contribution < 1.29 is 18.3 Å². The van der Waals surface area contributed by atoms with Gasteiger partial charge in [-0.3, -0.25) is 0 Å². The number of aliphatic hydroxyl groups is 1. The topological polar surface area (TPSA) is 94.8 Å². The van der Waals surface area contributed by atoms with Crippen molar-refractivity contribution >= 4 is 27.1 Å². The second-order valence-electron chi connectivity index (χ2n) is 9.06. The minimum Gasteiger partial charge on any atom is -0.497 e. The standard InChI is InChI=1S/C26H28N4O4S/c1-17-15-27-26(28-17)35(32,33)30-13-12-21-24(16-31)29(2)23-11-8-19(14-22(23)25(21)30)5-4-18-6-9-20(34-3)10-7-18/h6-11,14-15,17,21,24-25,31H,12-13,16H2,1-3H3/t17?,21-,24-,25-/m1/s1. The molecular weight excluding hydrogens is 464 g/mol. The quantitative estimate of drug-likeness (QED) is 0.664. The summed E-state index contributed by atoms with van der Waals surface area (Å²) in [5.41, 5.74) is 3.44. The van der Waals surface area contributed by atoms with Crippen molar-refractivity contribution in [1.82, 2.24) is 4.31 Å². The number of ether oxygens (including phenoxy) is 1. The first-order chi connectivity index (χ1) is 16.8. The molecule has 3 aliphatic rings. The summed E-state index contributed by atoms with van der Waals surface area (Å²) in [5, 5.41) is 10.0. The number of nitrogens with zero attached hydrogens (tertiary/aromatic N) is 4. The number of hydrogen-bond acceptors (Lipinski definition) is 7. The highest BCUT2D eigenvalue weighted by atomic mass is 32.2. The van der Waals surface area contributed by atoms with Gasteiger partial charge in [-0.05, 0) is 61.4 Å². The van der Waals surface area contributed by atoms with E-state index in [9.17, 15) is 13.5 Å². The molecule has 1 fully saturated rings. The number of aliphatic imine (C=N–C) groups is 2. The van der Waals surface area contributed by atoms with Crippen LogP contribution < -0.4 is 9.64 Å². The summed E-state index contributed by atoms with van der Waals surface area (Å²) >= 11 is 0. The molecule has 0 spiro atoms. The molecule has 0 aliphatic carbocycles. The maximum atomic E-state index is 13.5. The van der Waals surface area contributed by atoms with E-state index in [-0.39, 0.29) is 29.8 Å². The van der Waals surface area contributed by atoms with Crippen molar-refractivity contribution in [1.29, 1.82) is 0 Å². The predicted molar refractivity (Wildman–Crippen MR) is 137 cm³/mol. The molecule has 8 nitrogen and oxygen atoms in total. The van der Waals surface area contributed by atoms with Crippen LogP contribution in [-0.4, -0.2) is 68.6 Å². The third-order valence-electron chi connectivity index (χ3n) is 7.00. The van der Waals surface area contributed by atoms with Crippen molar-refractivity contribution in [2.75, 3.05) is 32.2 Å². The molecule has 182 valence electrons. The number of likely N-dealkylation sites (N-methyl/N-ethyl adjacent to an activating group) is 1. The molecule has 4 atom stereocenters. The maximum Gasteiger partial charge on any atom is 0.278 e. The minimum absolute atomic E-state index is 0.0551. The Balaban J connectivity index is 1.55. The Hall–Kier alpha value is -3.19. The monoisotopic (exact) mass is 492 g/mol. The largest absolute Gasteiger partial charge is 0.497 e. The van der Waals surface area contributed by atoms with Crippen molar-refractivity contribution in [3.8, 4) is 17.6 Å². The normalized spacial score (nSPS) is 25.5. The highest BCUT2D eigenvalue weighted by Gasteiger charge is 2.51. The average molecular weight is 493 g/mol. The number of benzene rings is 2. The van der Waals surface area contributed by atoms with E-state index in [0.717, 1.165) is 28.1 Å². The molecule has 0 bridgehead atoms. The van der Waals surface area contributed by atoms with Gasteiger partial charge in [0.2, 0.25) is 0 Å². The lowest BCUT2D eigenvalue weighted by atomic mass is 9.82. The van der Waals surface area contributed by atoms with Crippen LogP contribution in [0.25, 0.3) is 0 Å². The maximum absolute atomic E-state index is 13.5. The lowest BCUT2D eigenvalue weighted by Gasteiger charge is -2.44. The van der Waals surface area contributed by atoms with Gasteiger partial charge < -0.3 is 14.7 Å². The van der Waals surface area contributed by atoms with Crippen LogP contribution in [0.4, 0.5) is 5.69 Å². The SMILES string of the molecule is COc1ccc(C#Cc2ccc3c(c2)[C@H]2[C@H](CCN2S(=O)(=O)C2=NC(C)C=N2)[C@@H](CO)N3C)cc1. The van der Waals surface area contributed by atoms with Crippen LogP contribution in [0.1, 0.15) is 36.1 Å². The van der Waals surface area contributed by atoms with Crippen molar-refractivity contribution in [2.24, 2.45) is 15.9 Å². The fraction of sp³-hybridized carbons (Fsp3) is 0.385. The zero-order chi connectivity index (χ0) is 24.7. The smallest absolute Gasteiger partial charge is 0.278 e. The lowest BCUT2D eigenvalue weighted by Crippen LogP contribution is -2.48. The molecule has 2 aromatic carbocycles. The van der Waals surface area contributed by atoms with Gasteiger partial charge >= 0.3 is 0 Å². The fourth-order valence-electron chi connectivity index (χ4n) is 5.23. The zero-order valence-corrected chi connectivity index (χ0v) is 20.7. The molecule has 3 aliphatic heterocycles. The fourth-order valence-corrected chi connectivity index (χ4v) is 6.85. The first-order valence-corrected chi connectivity index (χ1v) is 13.0. The molecule has 2 aromatic rings. The molecule has 35 heavy (non-hydrogen) atoms. The Labute approximate surface area is 206 Å². The lowest BCUT2D eigenvalue weighted by molar-refractivity contribution is 0.193. The van der Waals surface area contributed by atoms with E-state index in [1.165, 1.54) is 4.31 Å². The van der Waals surface area contributed by atoms with Gasteiger partial charge in [0.05, 0.1) is 31.8 Å². The summed E-state index contributed by atoms with van der Waals surface area (Å²) in [6.45, 7) is 2.10. The molecule has 5 rings (SSSR count). The van der Waals surface area contributed by atoms with E-state index in [1.54, 1.807) is 20.2 Å². The summed E-state index contributed by atoms with van der Waals surface area (Å²) in [7, 11) is -0.300. The molecule has 9 heteroatoms. The minimum atomic E-state index is -3.87. The third-order valence-corrected chi connectivity index (χ3v) is 8.70. The number of fused-ring (bicyclic) bond motifs is 3. The highest BCUT2D eigenvalue weighted by Crippen LogP contribution is 2.50. The summed E-state index contributed by atoms with van der Waals surface area (Å²) in [6, 6.07) is 12.5. The Kier molecular flexibility index (Phi) is 6.13. The Morgan fingerprint density at radius 1 is 1.14 bits per heavy atom. The number of rotatable bonds is 3. The number of hydrogen-bond donors (Lipinski definition) is 1. The van der Waals surface area contributed by atoms with E-state index in [4.69, 9.17) is 4.74 Å². The van der Waals surface area contributed by atoms with Crippen molar-refractivity contribution in [3.05, 3.63) is 59.2 Å². The Bertz CT molecular complexity index is 1360. The van der Waals surface area contributed by atoms with Gasteiger partial charge in [0.25, 0.3) is 15.2 Å². The number of anilines is 1. The molecule has 1 saturated heterocycles. The van der Waals surface area contributed by atoms with Crippen LogP contribution in [-0.2, 0) is 10.0 Å². The molecule has 0 radical (unpaired) electrons. The second-order valence-corrected chi connectivity index (χ2v) is 10.8. The van der Waals surface area contributed by atoms with Crippen LogP contribution >= 0.6 is 0 Å². The second kappa shape index (κ2) is 9.11. The van der Waals surface area contributed by atoms with Crippen molar-refractivity contribution in [2.45, 2.75) is 31.5 Å². The van der Waals surface area contributed by atoms with Crippen molar-refractivity contribution in [3.63, 3.8) is 0 Å². The third kappa shape index (κ3) is 4.12. The summed E-state index contributed by atoms with van der Waals surface area (Å²) in [4.78, 5) is 10.4.